The number of nitrogens with one attached hydrogen (secondary N) is 1. The Morgan fingerprint density at radius 1 is 1.15 bits per heavy atom. The van der Waals surface area contributed by atoms with Gasteiger partial charge in [0.1, 0.15) is 11.6 Å². The molecule has 2 aromatic rings. The lowest BCUT2D eigenvalue weighted by atomic mass is 10.0. The van der Waals surface area contributed by atoms with Crippen molar-refractivity contribution < 1.29 is 18.3 Å². The number of carbonyl (C=O) groups is 1. The summed E-state index contributed by atoms with van der Waals surface area (Å²) >= 11 is 5.85. The van der Waals surface area contributed by atoms with Gasteiger partial charge in [0.2, 0.25) is 0 Å². The molecule has 1 aliphatic rings. The van der Waals surface area contributed by atoms with Crippen LogP contribution in [0.15, 0.2) is 42.5 Å². The molecule has 4 nitrogen and oxygen atoms in total. The summed E-state index contributed by atoms with van der Waals surface area (Å²) in [6, 6.07) is 9.87. The van der Waals surface area contributed by atoms with Crippen molar-refractivity contribution in [2.45, 2.75) is 6.04 Å². The van der Waals surface area contributed by atoms with Crippen molar-refractivity contribution >= 4 is 17.5 Å². The molecule has 1 amide bonds. The van der Waals surface area contributed by atoms with Crippen LogP contribution in [0.4, 0.5) is 8.78 Å². The van der Waals surface area contributed by atoms with E-state index in [1.165, 1.54) is 24.3 Å². The Bertz CT molecular complexity index is 765. The van der Waals surface area contributed by atoms with Gasteiger partial charge in [0, 0.05) is 24.7 Å². The first-order valence-electron chi connectivity index (χ1n) is 8.35. The van der Waals surface area contributed by atoms with E-state index in [-0.39, 0.29) is 24.0 Å². The van der Waals surface area contributed by atoms with Crippen molar-refractivity contribution in [3.63, 3.8) is 0 Å². The van der Waals surface area contributed by atoms with Crippen LogP contribution in [-0.4, -0.2) is 43.7 Å². The second-order valence-electron chi connectivity index (χ2n) is 6.05. The fourth-order valence-corrected chi connectivity index (χ4v) is 3.16. The van der Waals surface area contributed by atoms with Gasteiger partial charge in [-0.05, 0) is 35.9 Å². The van der Waals surface area contributed by atoms with Gasteiger partial charge in [-0.2, -0.15) is 0 Å². The fraction of sp³-hybridized carbons (Fsp3) is 0.316. The molecule has 7 heteroatoms. The van der Waals surface area contributed by atoms with Crippen molar-refractivity contribution in [2.75, 3.05) is 32.8 Å². The summed E-state index contributed by atoms with van der Waals surface area (Å²) in [4.78, 5) is 14.5. The summed E-state index contributed by atoms with van der Waals surface area (Å²) in [7, 11) is 0. The Labute approximate surface area is 155 Å². The molecule has 0 aliphatic carbocycles. The van der Waals surface area contributed by atoms with Crippen molar-refractivity contribution in [2.24, 2.45) is 0 Å². The molecule has 0 aromatic heterocycles. The van der Waals surface area contributed by atoms with Crippen LogP contribution in [0.2, 0.25) is 5.02 Å². The molecule has 1 atom stereocenters. The van der Waals surface area contributed by atoms with E-state index in [9.17, 15) is 13.6 Å². The molecule has 3 rings (SSSR count). The summed E-state index contributed by atoms with van der Waals surface area (Å²) in [6.45, 7) is 2.84. The zero-order valence-corrected chi connectivity index (χ0v) is 14.8. The highest BCUT2D eigenvalue weighted by atomic mass is 35.5. The van der Waals surface area contributed by atoms with Crippen molar-refractivity contribution in [1.82, 2.24) is 10.2 Å². The minimum Gasteiger partial charge on any atom is -0.379 e. The van der Waals surface area contributed by atoms with Gasteiger partial charge in [-0.15, -0.1) is 0 Å². The molecular weight excluding hydrogens is 362 g/mol. The second-order valence-corrected chi connectivity index (χ2v) is 6.49. The van der Waals surface area contributed by atoms with E-state index in [2.05, 4.69) is 10.2 Å². The van der Waals surface area contributed by atoms with Gasteiger partial charge in [0.15, 0.2) is 0 Å². The van der Waals surface area contributed by atoms with Crippen LogP contribution < -0.4 is 5.32 Å². The molecule has 1 fully saturated rings. The van der Waals surface area contributed by atoms with E-state index in [1.807, 2.05) is 0 Å². The molecule has 1 saturated heterocycles. The minimum atomic E-state index is -0.628. The van der Waals surface area contributed by atoms with Crippen LogP contribution in [0.5, 0.6) is 0 Å². The first-order chi connectivity index (χ1) is 12.5. The third kappa shape index (κ3) is 4.58. The summed E-state index contributed by atoms with van der Waals surface area (Å²) in [5, 5.41) is 3.06. The maximum absolute atomic E-state index is 13.9. The van der Waals surface area contributed by atoms with Crippen LogP contribution in [0.3, 0.4) is 0 Å². The quantitative estimate of drug-likeness (QED) is 0.864. The first-order valence-corrected chi connectivity index (χ1v) is 8.73. The molecule has 1 aliphatic heterocycles. The zero-order chi connectivity index (χ0) is 18.5. The average Bonchev–Trinajstić information content (AvgIpc) is 2.66. The monoisotopic (exact) mass is 380 g/mol. The molecule has 138 valence electrons. The molecular formula is C19H19ClF2N2O2. The van der Waals surface area contributed by atoms with Crippen LogP contribution in [0.25, 0.3) is 0 Å². The molecule has 0 spiro atoms. The zero-order valence-electron chi connectivity index (χ0n) is 14.1. The number of hydrogen-bond donors (Lipinski definition) is 1. The number of benzene rings is 2. The predicted octanol–water partition coefficient (Wildman–Crippen LogP) is 3.42. The fourth-order valence-electron chi connectivity index (χ4n) is 2.99. The Morgan fingerprint density at radius 3 is 2.54 bits per heavy atom. The number of rotatable bonds is 5. The van der Waals surface area contributed by atoms with E-state index in [4.69, 9.17) is 16.3 Å². The topological polar surface area (TPSA) is 41.6 Å². The van der Waals surface area contributed by atoms with E-state index >= 15 is 0 Å². The van der Waals surface area contributed by atoms with E-state index in [0.29, 0.717) is 31.3 Å². The Kier molecular flexibility index (Phi) is 6.19. The number of morpholine rings is 1. The highest BCUT2D eigenvalue weighted by Gasteiger charge is 2.24. The Morgan fingerprint density at radius 2 is 1.85 bits per heavy atom. The molecule has 0 saturated carbocycles. The van der Waals surface area contributed by atoms with Gasteiger partial charge in [0.05, 0.1) is 24.8 Å². The normalized spacial score (nSPS) is 16.3. The summed E-state index contributed by atoms with van der Waals surface area (Å²) < 4.78 is 32.5. The third-order valence-corrected chi connectivity index (χ3v) is 4.61. The average molecular weight is 381 g/mol. The summed E-state index contributed by atoms with van der Waals surface area (Å²) in [6.07, 6.45) is 0. The van der Waals surface area contributed by atoms with Crippen LogP contribution in [-0.2, 0) is 4.74 Å². The maximum Gasteiger partial charge on any atom is 0.254 e. The molecule has 2 aromatic carbocycles. The molecule has 0 radical (unpaired) electrons. The van der Waals surface area contributed by atoms with Crippen molar-refractivity contribution in [1.29, 1.82) is 0 Å². The van der Waals surface area contributed by atoms with E-state index in [1.54, 1.807) is 12.1 Å². The smallest absolute Gasteiger partial charge is 0.254 e. The molecule has 1 N–H and O–H groups in total. The van der Waals surface area contributed by atoms with Crippen LogP contribution >= 0.6 is 11.6 Å². The predicted molar refractivity (Wildman–Crippen MR) is 95.3 cm³/mol. The number of nitrogens with zero attached hydrogens (tertiary/aromatic N) is 1. The summed E-state index contributed by atoms with van der Waals surface area (Å²) in [5.74, 6) is -1.48. The highest BCUT2D eigenvalue weighted by Crippen LogP contribution is 2.22. The number of carbonyl (C=O) groups excluding carboxylic acids is 1. The van der Waals surface area contributed by atoms with Crippen molar-refractivity contribution in [3.8, 4) is 0 Å². The Balaban J connectivity index is 1.75. The van der Waals surface area contributed by atoms with Crippen molar-refractivity contribution in [3.05, 3.63) is 70.2 Å². The van der Waals surface area contributed by atoms with Gasteiger partial charge < -0.3 is 10.1 Å². The second kappa shape index (κ2) is 8.58. The number of halogens is 3. The van der Waals surface area contributed by atoms with Gasteiger partial charge in [-0.1, -0.05) is 23.7 Å². The lowest BCUT2D eigenvalue weighted by Gasteiger charge is -2.35. The maximum atomic E-state index is 13.9. The largest absolute Gasteiger partial charge is 0.379 e. The van der Waals surface area contributed by atoms with E-state index < -0.39 is 11.7 Å². The number of ether oxygens (including phenoxy) is 1. The van der Waals surface area contributed by atoms with Gasteiger partial charge in [-0.25, -0.2) is 8.78 Å². The van der Waals surface area contributed by atoms with Gasteiger partial charge in [0.25, 0.3) is 5.91 Å². The third-order valence-electron chi connectivity index (χ3n) is 4.37. The summed E-state index contributed by atoms with van der Waals surface area (Å²) in [5.41, 5.74) is 0.775. The lowest BCUT2D eigenvalue weighted by Crippen LogP contribution is -2.43. The molecule has 1 heterocycles. The van der Waals surface area contributed by atoms with Gasteiger partial charge >= 0.3 is 0 Å². The minimum absolute atomic E-state index is 0.0997. The molecule has 0 bridgehead atoms. The first kappa shape index (κ1) is 18.8. The van der Waals surface area contributed by atoms with E-state index in [0.717, 1.165) is 11.6 Å². The standard InChI is InChI=1S/C19H19ClF2N2O2/c20-14-3-6-17(22)16(11-14)19(25)23-12-18(24-7-9-26-10-8-24)13-1-4-15(21)5-2-13/h1-6,11,18H,7-10,12H2,(H,23,25)/t18-/m1/s1. The Hall–Kier alpha value is -2.02. The molecule has 0 unspecified atom stereocenters. The van der Waals surface area contributed by atoms with Crippen LogP contribution in [0, 0.1) is 11.6 Å². The van der Waals surface area contributed by atoms with Crippen LogP contribution in [0.1, 0.15) is 22.0 Å². The number of amides is 1. The lowest BCUT2D eigenvalue weighted by molar-refractivity contribution is 0.0162. The van der Waals surface area contributed by atoms with Gasteiger partial charge in [-0.3, -0.25) is 9.69 Å². The SMILES string of the molecule is O=C(NC[C@H](c1ccc(F)cc1)N1CCOCC1)c1cc(Cl)ccc1F. The highest BCUT2D eigenvalue weighted by molar-refractivity contribution is 6.31. The number of hydrogen-bond acceptors (Lipinski definition) is 3. The molecule has 26 heavy (non-hydrogen) atoms.